The number of halogens is 1. The Morgan fingerprint density at radius 1 is 1.05 bits per heavy atom. The van der Waals surface area contributed by atoms with Gasteiger partial charge in [-0.05, 0) is 17.7 Å². The van der Waals surface area contributed by atoms with E-state index in [1.165, 1.54) is 18.2 Å². The standard InChI is InChI=1S/C15H14ClNO3/c16-11(10-5-2-1-3-6-10)9-17-15(20)14-12(18)7-4-8-13(14)19/h1-8,11,18-19H,9H2,(H,17,20). The van der Waals surface area contributed by atoms with Gasteiger partial charge in [0.05, 0.1) is 5.38 Å². The number of carbonyl (C=O) groups excluding carboxylic acids is 1. The van der Waals surface area contributed by atoms with Gasteiger partial charge in [-0.2, -0.15) is 0 Å². The summed E-state index contributed by atoms with van der Waals surface area (Å²) < 4.78 is 0. The highest BCUT2D eigenvalue weighted by Crippen LogP contribution is 2.26. The van der Waals surface area contributed by atoms with Gasteiger partial charge in [0.2, 0.25) is 0 Å². The van der Waals surface area contributed by atoms with Crippen molar-refractivity contribution in [2.75, 3.05) is 6.54 Å². The van der Waals surface area contributed by atoms with Crippen molar-refractivity contribution < 1.29 is 15.0 Å². The molecule has 2 rings (SSSR count). The highest BCUT2D eigenvalue weighted by molar-refractivity contribution is 6.21. The van der Waals surface area contributed by atoms with Crippen molar-refractivity contribution in [3.63, 3.8) is 0 Å². The molecule has 0 radical (unpaired) electrons. The maximum atomic E-state index is 11.9. The predicted molar refractivity (Wildman–Crippen MR) is 77.1 cm³/mol. The van der Waals surface area contributed by atoms with Crippen molar-refractivity contribution in [3.05, 3.63) is 59.7 Å². The number of benzene rings is 2. The Balaban J connectivity index is 2.03. The van der Waals surface area contributed by atoms with Crippen LogP contribution in [0.5, 0.6) is 11.5 Å². The summed E-state index contributed by atoms with van der Waals surface area (Å²) in [6.45, 7) is 0.193. The molecular weight excluding hydrogens is 278 g/mol. The first-order valence-electron chi connectivity index (χ1n) is 6.07. The van der Waals surface area contributed by atoms with Crippen molar-refractivity contribution in [2.24, 2.45) is 0 Å². The Hall–Kier alpha value is -2.20. The van der Waals surface area contributed by atoms with E-state index < -0.39 is 5.91 Å². The number of alkyl halides is 1. The lowest BCUT2D eigenvalue weighted by Gasteiger charge is -2.12. The van der Waals surface area contributed by atoms with E-state index in [1.54, 1.807) is 0 Å². The lowest BCUT2D eigenvalue weighted by Crippen LogP contribution is -2.27. The first-order valence-corrected chi connectivity index (χ1v) is 6.51. The molecule has 0 bridgehead atoms. The average molecular weight is 292 g/mol. The maximum absolute atomic E-state index is 11.9. The van der Waals surface area contributed by atoms with E-state index >= 15 is 0 Å². The lowest BCUT2D eigenvalue weighted by atomic mass is 10.1. The fourth-order valence-electron chi connectivity index (χ4n) is 1.81. The molecule has 5 heteroatoms. The van der Waals surface area contributed by atoms with Crippen LogP contribution < -0.4 is 5.32 Å². The third-order valence-corrected chi connectivity index (χ3v) is 3.26. The number of rotatable bonds is 4. The highest BCUT2D eigenvalue weighted by atomic mass is 35.5. The van der Waals surface area contributed by atoms with Crippen LogP contribution in [0.1, 0.15) is 21.3 Å². The SMILES string of the molecule is O=C(NCC(Cl)c1ccccc1)c1c(O)cccc1O. The Bertz CT molecular complexity index is 581. The molecule has 0 saturated carbocycles. The number of hydrogen-bond acceptors (Lipinski definition) is 3. The summed E-state index contributed by atoms with van der Waals surface area (Å²) >= 11 is 6.18. The number of nitrogens with one attached hydrogen (secondary N) is 1. The number of carbonyl (C=O) groups is 1. The molecule has 2 aromatic rings. The smallest absolute Gasteiger partial charge is 0.258 e. The molecule has 20 heavy (non-hydrogen) atoms. The summed E-state index contributed by atoms with van der Waals surface area (Å²) in [4.78, 5) is 11.9. The molecule has 0 heterocycles. The van der Waals surface area contributed by atoms with Gasteiger partial charge in [-0.15, -0.1) is 11.6 Å². The summed E-state index contributed by atoms with van der Waals surface area (Å²) in [6, 6.07) is 13.5. The summed E-state index contributed by atoms with van der Waals surface area (Å²) in [7, 11) is 0. The van der Waals surface area contributed by atoms with Crippen molar-refractivity contribution in [1.82, 2.24) is 5.32 Å². The van der Waals surface area contributed by atoms with Gasteiger partial charge in [0.25, 0.3) is 5.91 Å². The molecule has 0 fully saturated rings. The zero-order chi connectivity index (χ0) is 14.5. The van der Waals surface area contributed by atoms with Crippen LogP contribution in [0.4, 0.5) is 0 Å². The molecule has 0 aliphatic heterocycles. The summed E-state index contributed by atoms with van der Waals surface area (Å²) in [6.07, 6.45) is 0. The molecule has 1 amide bonds. The zero-order valence-corrected chi connectivity index (χ0v) is 11.3. The second-order valence-electron chi connectivity index (χ2n) is 4.26. The van der Waals surface area contributed by atoms with E-state index in [2.05, 4.69) is 5.32 Å². The van der Waals surface area contributed by atoms with Gasteiger partial charge >= 0.3 is 0 Å². The number of aromatic hydroxyl groups is 2. The maximum Gasteiger partial charge on any atom is 0.258 e. The number of hydrogen-bond donors (Lipinski definition) is 3. The van der Waals surface area contributed by atoms with Gasteiger partial charge < -0.3 is 15.5 Å². The van der Waals surface area contributed by atoms with Gasteiger partial charge in [0, 0.05) is 6.54 Å². The molecule has 2 aromatic carbocycles. The van der Waals surface area contributed by atoms with Crippen LogP contribution in [0, 0.1) is 0 Å². The summed E-state index contributed by atoms with van der Waals surface area (Å²) in [5, 5.41) is 21.4. The second-order valence-corrected chi connectivity index (χ2v) is 4.79. The van der Waals surface area contributed by atoms with Crippen LogP contribution in [0.3, 0.4) is 0 Å². The van der Waals surface area contributed by atoms with Crippen LogP contribution in [0.15, 0.2) is 48.5 Å². The van der Waals surface area contributed by atoms with E-state index in [0.717, 1.165) is 5.56 Å². The molecule has 1 unspecified atom stereocenters. The van der Waals surface area contributed by atoms with Crippen molar-refractivity contribution in [2.45, 2.75) is 5.38 Å². The van der Waals surface area contributed by atoms with Crippen molar-refractivity contribution in [3.8, 4) is 11.5 Å². The van der Waals surface area contributed by atoms with Gasteiger partial charge in [0.1, 0.15) is 17.1 Å². The first kappa shape index (κ1) is 14.2. The molecule has 1 atom stereocenters. The van der Waals surface area contributed by atoms with E-state index in [9.17, 15) is 15.0 Å². The minimum Gasteiger partial charge on any atom is -0.507 e. The Kier molecular flexibility index (Phi) is 4.48. The van der Waals surface area contributed by atoms with E-state index in [4.69, 9.17) is 11.6 Å². The molecular formula is C15H14ClNO3. The van der Waals surface area contributed by atoms with Crippen LogP contribution in [-0.4, -0.2) is 22.7 Å². The molecule has 3 N–H and O–H groups in total. The first-order chi connectivity index (χ1) is 9.59. The fourth-order valence-corrected chi connectivity index (χ4v) is 2.03. The molecule has 4 nitrogen and oxygen atoms in total. The minimum atomic E-state index is -0.567. The molecule has 0 aromatic heterocycles. The lowest BCUT2D eigenvalue weighted by molar-refractivity contribution is 0.0948. The predicted octanol–water partition coefficient (Wildman–Crippen LogP) is 2.81. The van der Waals surface area contributed by atoms with Crippen LogP contribution in [0.25, 0.3) is 0 Å². The minimum absolute atomic E-state index is 0.149. The zero-order valence-electron chi connectivity index (χ0n) is 10.6. The normalized spacial score (nSPS) is 11.8. The van der Waals surface area contributed by atoms with Crippen LogP contribution in [-0.2, 0) is 0 Å². The largest absolute Gasteiger partial charge is 0.507 e. The third-order valence-electron chi connectivity index (χ3n) is 2.85. The van der Waals surface area contributed by atoms with Gasteiger partial charge in [0.15, 0.2) is 0 Å². The molecule has 104 valence electrons. The quantitative estimate of drug-likeness (QED) is 0.759. The van der Waals surface area contributed by atoms with Gasteiger partial charge in [-0.3, -0.25) is 4.79 Å². The molecule has 0 aliphatic carbocycles. The van der Waals surface area contributed by atoms with Crippen molar-refractivity contribution >= 4 is 17.5 Å². The Morgan fingerprint density at radius 2 is 1.65 bits per heavy atom. The number of phenols is 2. The van der Waals surface area contributed by atoms with E-state index in [0.29, 0.717) is 0 Å². The number of phenolic OH excluding ortho intramolecular Hbond substituents is 2. The van der Waals surface area contributed by atoms with Gasteiger partial charge in [-0.1, -0.05) is 36.4 Å². The topological polar surface area (TPSA) is 69.6 Å². The summed E-state index contributed by atoms with van der Waals surface area (Å²) in [5.41, 5.74) is 0.736. The fraction of sp³-hybridized carbons (Fsp3) is 0.133. The highest BCUT2D eigenvalue weighted by Gasteiger charge is 2.17. The number of amides is 1. The van der Waals surface area contributed by atoms with Crippen LogP contribution >= 0.6 is 11.6 Å². The molecule has 0 aliphatic rings. The molecule has 0 spiro atoms. The third kappa shape index (κ3) is 3.22. The second kappa shape index (κ2) is 6.30. The Morgan fingerprint density at radius 3 is 2.25 bits per heavy atom. The van der Waals surface area contributed by atoms with Crippen molar-refractivity contribution in [1.29, 1.82) is 0 Å². The Labute approximate surface area is 121 Å². The summed E-state index contributed by atoms with van der Waals surface area (Å²) in [5.74, 6) is -1.11. The molecule has 0 saturated heterocycles. The average Bonchev–Trinajstić information content (AvgIpc) is 2.45. The van der Waals surface area contributed by atoms with E-state index in [-0.39, 0.29) is 29.0 Å². The van der Waals surface area contributed by atoms with Crippen LogP contribution in [0.2, 0.25) is 0 Å². The van der Waals surface area contributed by atoms with Gasteiger partial charge in [-0.25, -0.2) is 0 Å². The van der Waals surface area contributed by atoms with E-state index in [1.807, 2.05) is 30.3 Å². The monoisotopic (exact) mass is 291 g/mol.